The normalized spacial score (nSPS) is 24.4. The first-order valence-corrected chi connectivity index (χ1v) is 9.37. The predicted molar refractivity (Wildman–Crippen MR) is 98.6 cm³/mol. The Balaban J connectivity index is 2.38. The Morgan fingerprint density at radius 3 is 2.56 bits per heavy atom. The fourth-order valence-electron chi connectivity index (χ4n) is 3.59. The van der Waals surface area contributed by atoms with Gasteiger partial charge in [-0.25, -0.2) is 0 Å². The number of nitrogens with two attached hydrogens (primary N) is 1. The molecule has 0 spiro atoms. The smallest absolute Gasteiger partial charge is 0.191 e. The SMILES string of the molecule is N#CC1=C(N)C(C#N)(C#N)[C@@H](c2cccc(Cl)c2Cl)[C@H]2CSCC=C12. The molecular formula is C18H12Cl2N4S. The van der Waals surface area contributed by atoms with E-state index in [4.69, 9.17) is 28.9 Å². The first-order valence-electron chi connectivity index (χ1n) is 7.46. The zero-order valence-corrected chi connectivity index (χ0v) is 15.3. The Hall–Kier alpha value is -2.10. The van der Waals surface area contributed by atoms with Crippen molar-refractivity contribution in [1.29, 1.82) is 15.8 Å². The van der Waals surface area contributed by atoms with E-state index in [2.05, 4.69) is 18.2 Å². The van der Waals surface area contributed by atoms with Gasteiger partial charge in [0.05, 0.1) is 33.5 Å². The van der Waals surface area contributed by atoms with E-state index in [0.29, 0.717) is 21.4 Å². The maximum Gasteiger partial charge on any atom is 0.191 e. The van der Waals surface area contributed by atoms with Crippen molar-refractivity contribution >= 4 is 35.0 Å². The summed E-state index contributed by atoms with van der Waals surface area (Å²) in [4.78, 5) is 0. The molecule has 0 unspecified atom stereocenters. The molecule has 2 atom stereocenters. The average Bonchev–Trinajstić information content (AvgIpc) is 2.64. The molecule has 2 N–H and O–H groups in total. The number of hydrogen-bond acceptors (Lipinski definition) is 5. The summed E-state index contributed by atoms with van der Waals surface area (Å²) < 4.78 is 0. The number of nitriles is 3. The highest BCUT2D eigenvalue weighted by Crippen LogP contribution is 2.56. The van der Waals surface area contributed by atoms with Crippen LogP contribution in [0.15, 0.2) is 41.1 Å². The third-order valence-electron chi connectivity index (χ3n) is 4.75. The van der Waals surface area contributed by atoms with E-state index < -0.39 is 11.3 Å². The minimum atomic E-state index is -1.67. The van der Waals surface area contributed by atoms with Crippen molar-refractivity contribution in [2.24, 2.45) is 17.1 Å². The van der Waals surface area contributed by atoms with Gasteiger partial charge in [-0.1, -0.05) is 41.4 Å². The highest BCUT2D eigenvalue weighted by atomic mass is 35.5. The highest BCUT2D eigenvalue weighted by molar-refractivity contribution is 7.99. The largest absolute Gasteiger partial charge is 0.399 e. The number of fused-ring (bicyclic) bond motifs is 1. The van der Waals surface area contributed by atoms with E-state index >= 15 is 0 Å². The molecule has 0 saturated carbocycles. The fraction of sp³-hybridized carbons (Fsp3) is 0.278. The van der Waals surface area contributed by atoms with Crippen LogP contribution in [0.25, 0.3) is 0 Å². The second-order valence-electron chi connectivity index (χ2n) is 5.86. The summed E-state index contributed by atoms with van der Waals surface area (Å²) in [6, 6.07) is 11.4. The second-order valence-corrected chi connectivity index (χ2v) is 7.72. The van der Waals surface area contributed by atoms with Gasteiger partial charge in [-0.15, -0.1) is 0 Å². The standard InChI is InChI=1S/C18H12Cl2N4S/c19-14-3-1-2-11(16(14)20)15-13-7-25-5-4-10(13)12(6-21)17(24)18(15,8-22)9-23/h1-4,13,15H,5,7,24H2/t13-,15-/m0/s1. The third-order valence-corrected chi connectivity index (χ3v) is 6.58. The molecule has 7 heteroatoms. The summed E-state index contributed by atoms with van der Waals surface area (Å²) in [5, 5.41) is 30.1. The van der Waals surface area contributed by atoms with Gasteiger partial charge >= 0.3 is 0 Å². The maximum atomic E-state index is 9.91. The van der Waals surface area contributed by atoms with Gasteiger partial charge in [-0.3, -0.25) is 0 Å². The van der Waals surface area contributed by atoms with Gasteiger partial charge in [0.1, 0.15) is 6.07 Å². The summed E-state index contributed by atoms with van der Waals surface area (Å²) in [6.45, 7) is 0. The Morgan fingerprint density at radius 2 is 1.92 bits per heavy atom. The van der Waals surface area contributed by atoms with E-state index in [1.807, 2.05) is 6.08 Å². The van der Waals surface area contributed by atoms with Crippen molar-refractivity contribution in [3.8, 4) is 18.2 Å². The molecule has 1 aliphatic heterocycles. The van der Waals surface area contributed by atoms with E-state index in [9.17, 15) is 15.8 Å². The van der Waals surface area contributed by atoms with Crippen LogP contribution in [0.3, 0.4) is 0 Å². The van der Waals surface area contributed by atoms with Gasteiger partial charge in [0.2, 0.25) is 0 Å². The second kappa shape index (κ2) is 6.66. The maximum absolute atomic E-state index is 9.91. The monoisotopic (exact) mass is 386 g/mol. The first-order chi connectivity index (χ1) is 12.0. The Bertz CT molecular complexity index is 916. The van der Waals surface area contributed by atoms with Gasteiger partial charge in [-0.2, -0.15) is 27.5 Å². The van der Waals surface area contributed by atoms with Crippen LogP contribution < -0.4 is 5.73 Å². The molecule has 2 aliphatic rings. The number of hydrogen-bond donors (Lipinski definition) is 1. The van der Waals surface area contributed by atoms with Gasteiger partial charge < -0.3 is 5.73 Å². The van der Waals surface area contributed by atoms with Crippen LogP contribution in [0.1, 0.15) is 11.5 Å². The molecule has 4 nitrogen and oxygen atoms in total. The highest BCUT2D eigenvalue weighted by Gasteiger charge is 2.54. The molecule has 0 saturated heterocycles. The Kier molecular flexibility index (Phi) is 4.72. The first kappa shape index (κ1) is 17.7. The zero-order valence-electron chi connectivity index (χ0n) is 13.0. The van der Waals surface area contributed by atoms with Crippen molar-refractivity contribution in [3.63, 3.8) is 0 Å². The summed E-state index contributed by atoms with van der Waals surface area (Å²) in [5.41, 5.74) is 6.17. The van der Waals surface area contributed by atoms with Crippen LogP contribution in [0, 0.1) is 45.3 Å². The molecule has 124 valence electrons. The zero-order chi connectivity index (χ0) is 18.2. The lowest BCUT2D eigenvalue weighted by Gasteiger charge is -2.43. The van der Waals surface area contributed by atoms with Gasteiger partial charge in [0, 0.05) is 23.3 Å². The molecule has 0 fully saturated rings. The number of benzene rings is 1. The van der Waals surface area contributed by atoms with Crippen molar-refractivity contribution in [2.45, 2.75) is 5.92 Å². The number of halogens is 2. The quantitative estimate of drug-likeness (QED) is 0.781. The lowest BCUT2D eigenvalue weighted by atomic mass is 9.59. The van der Waals surface area contributed by atoms with Crippen LogP contribution in [-0.4, -0.2) is 11.5 Å². The van der Waals surface area contributed by atoms with Crippen LogP contribution in [0.5, 0.6) is 0 Å². The Labute approximate surface area is 160 Å². The summed E-state index contributed by atoms with van der Waals surface area (Å²) in [5.74, 6) is 0.621. The average molecular weight is 387 g/mol. The molecule has 0 bridgehead atoms. The number of thioether (sulfide) groups is 1. The van der Waals surface area contributed by atoms with Crippen LogP contribution >= 0.6 is 35.0 Å². The van der Waals surface area contributed by atoms with Gasteiger partial charge in [0.25, 0.3) is 0 Å². The number of rotatable bonds is 1. The van der Waals surface area contributed by atoms with E-state index in [-0.39, 0.29) is 17.2 Å². The Morgan fingerprint density at radius 1 is 1.20 bits per heavy atom. The molecule has 25 heavy (non-hydrogen) atoms. The summed E-state index contributed by atoms with van der Waals surface area (Å²) in [7, 11) is 0. The number of nitrogens with zero attached hydrogens (tertiary/aromatic N) is 3. The molecule has 1 aromatic carbocycles. The van der Waals surface area contributed by atoms with E-state index in [1.165, 1.54) is 0 Å². The third kappa shape index (κ3) is 2.50. The predicted octanol–water partition coefficient (Wildman–Crippen LogP) is 4.15. The van der Waals surface area contributed by atoms with Gasteiger partial charge in [-0.05, 0) is 17.2 Å². The molecule has 3 rings (SSSR count). The number of allylic oxidation sites excluding steroid dienone is 3. The van der Waals surface area contributed by atoms with Gasteiger partial charge in [0.15, 0.2) is 5.41 Å². The minimum Gasteiger partial charge on any atom is -0.399 e. The summed E-state index contributed by atoms with van der Waals surface area (Å²) >= 11 is 14.3. The van der Waals surface area contributed by atoms with Crippen molar-refractivity contribution in [3.05, 3.63) is 56.7 Å². The molecule has 1 aliphatic carbocycles. The van der Waals surface area contributed by atoms with E-state index in [1.54, 1.807) is 30.0 Å². The lowest BCUT2D eigenvalue weighted by Crippen LogP contribution is -2.43. The molecule has 0 amide bonds. The molecule has 0 radical (unpaired) electrons. The molecule has 1 heterocycles. The summed E-state index contributed by atoms with van der Waals surface area (Å²) in [6.07, 6.45) is 1.95. The molecular weight excluding hydrogens is 375 g/mol. The lowest BCUT2D eigenvalue weighted by molar-refractivity contribution is 0.368. The van der Waals surface area contributed by atoms with E-state index in [0.717, 1.165) is 11.3 Å². The molecule has 1 aromatic rings. The van der Waals surface area contributed by atoms with Crippen molar-refractivity contribution < 1.29 is 0 Å². The van der Waals surface area contributed by atoms with Crippen molar-refractivity contribution in [2.75, 3.05) is 11.5 Å². The van der Waals surface area contributed by atoms with Crippen LogP contribution in [0.2, 0.25) is 10.0 Å². The van der Waals surface area contributed by atoms with Crippen molar-refractivity contribution in [1.82, 2.24) is 0 Å². The minimum absolute atomic E-state index is 0.00422. The topological polar surface area (TPSA) is 97.4 Å². The van der Waals surface area contributed by atoms with Crippen LogP contribution in [-0.2, 0) is 0 Å². The van der Waals surface area contributed by atoms with Crippen LogP contribution in [0.4, 0.5) is 0 Å². The fourth-order valence-corrected chi connectivity index (χ4v) is 5.07. The molecule has 0 aromatic heterocycles.